The van der Waals surface area contributed by atoms with Crippen LogP contribution in [-0.4, -0.2) is 77.3 Å². The highest BCUT2D eigenvalue weighted by molar-refractivity contribution is 6.99. The van der Waals surface area contributed by atoms with Gasteiger partial charge >= 0.3 is 5.97 Å². The first kappa shape index (κ1) is 41.7. The van der Waals surface area contributed by atoms with Crippen molar-refractivity contribution in [1.29, 1.82) is 0 Å². The van der Waals surface area contributed by atoms with E-state index in [4.69, 9.17) is 9.53 Å². The van der Waals surface area contributed by atoms with E-state index in [9.17, 15) is 34.1 Å². The molecule has 5 rings (SSSR count). The zero-order valence-corrected chi connectivity index (χ0v) is 33.2. The summed E-state index contributed by atoms with van der Waals surface area (Å²) in [6.07, 6.45) is 3.02. The Morgan fingerprint density at radius 1 is 0.964 bits per heavy atom. The predicted molar refractivity (Wildman–Crippen MR) is 213 cm³/mol. The van der Waals surface area contributed by atoms with Gasteiger partial charge in [0.1, 0.15) is 0 Å². The van der Waals surface area contributed by atoms with E-state index >= 15 is 0 Å². The summed E-state index contributed by atoms with van der Waals surface area (Å²) >= 11 is 0. The van der Waals surface area contributed by atoms with E-state index in [-0.39, 0.29) is 49.3 Å². The molecule has 1 fully saturated rings. The van der Waals surface area contributed by atoms with Crippen LogP contribution in [0.15, 0.2) is 95.6 Å². The monoisotopic (exact) mass is 771 g/mol. The molecule has 3 aromatic carbocycles. The molecule has 1 aliphatic heterocycles. The standard InChI is InChI=1S/C44H54FNO8Si/c1-29(24-30-20-22-37(48)36(45)25-30)19-21-38(49)40-31(26-34-41(35(40)27-47)43(53)46(42(34)52)23-13-7-12-18-39(50)51)28-54-55(44(2,3)4,32-14-8-5-9-15-32)33-16-10-6-11-17-33/h5-6,8-11,14-17,20,22,24-25,34-35,38,41,47-49H,7,12-13,18-19,21,23,26-28H2,1-4H3,(H,50,51)/b29-24+/t34-,35+,38-,41-/m1/s1. The molecule has 1 heterocycles. The fourth-order valence-electron chi connectivity index (χ4n) is 8.55. The maximum atomic E-state index is 14.0. The molecule has 2 amide bonds. The Hall–Kier alpha value is -4.42. The van der Waals surface area contributed by atoms with Crippen molar-refractivity contribution in [2.24, 2.45) is 17.8 Å². The first-order valence-corrected chi connectivity index (χ1v) is 21.1. The maximum Gasteiger partial charge on any atom is 0.303 e. The normalized spacial score (nSPS) is 19.9. The van der Waals surface area contributed by atoms with Crippen LogP contribution in [0.2, 0.25) is 5.04 Å². The lowest BCUT2D eigenvalue weighted by Gasteiger charge is -2.44. The number of hydrogen-bond donors (Lipinski definition) is 4. The Kier molecular flexibility index (Phi) is 13.7. The van der Waals surface area contributed by atoms with Crippen molar-refractivity contribution in [2.45, 2.75) is 83.8 Å². The topological polar surface area (TPSA) is 145 Å². The van der Waals surface area contributed by atoms with Crippen LogP contribution in [0.25, 0.3) is 6.08 Å². The molecule has 294 valence electrons. The number of phenolic OH excluding ortho intramolecular Hbond substituents is 1. The minimum atomic E-state index is -3.07. The lowest BCUT2D eigenvalue weighted by atomic mass is 9.68. The number of aliphatic hydroxyl groups is 2. The Balaban J connectivity index is 1.51. The molecule has 3 aromatic rings. The van der Waals surface area contributed by atoms with Crippen LogP contribution >= 0.6 is 0 Å². The number of aliphatic hydroxyl groups excluding tert-OH is 2. The summed E-state index contributed by atoms with van der Waals surface area (Å²) in [6, 6.07) is 24.4. The highest BCUT2D eigenvalue weighted by Crippen LogP contribution is 2.47. The number of fused-ring (bicyclic) bond motifs is 1. The van der Waals surface area contributed by atoms with Gasteiger partial charge in [-0.2, -0.15) is 0 Å². The molecular formula is C44H54FNO8Si. The Labute approximate surface area is 324 Å². The molecule has 1 saturated heterocycles. The molecule has 4 N–H and O–H groups in total. The summed E-state index contributed by atoms with van der Waals surface area (Å²) in [5, 5.41) is 43.5. The van der Waals surface area contributed by atoms with Gasteiger partial charge in [-0.3, -0.25) is 19.3 Å². The molecule has 2 aliphatic rings. The first-order valence-electron chi connectivity index (χ1n) is 19.2. The zero-order chi connectivity index (χ0) is 39.9. The smallest absolute Gasteiger partial charge is 0.303 e. The summed E-state index contributed by atoms with van der Waals surface area (Å²) in [6.45, 7) is 8.15. The molecule has 0 unspecified atom stereocenters. The van der Waals surface area contributed by atoms with E-state index in [0.29, 0.717) is 42.4 Å². The lowest BCUT2D eigenvalue weighted by molar-refractivity contribution is -0.141. The third-order valence-electron chi connectivity index (χ3n) is 11.2. The van der Waals surface area contributed by atoms with Crippen molar-refractivity contribution >= 4 is 42.6 Å². The maximum absolute atomic E-state index is 14.0. The highest BCUT2D eigenvalue weighted by atomic mass is 28.4. The number of phenols is 1. The molecule has 0 bridgehead atoms. The van der Waals surface area contributed by atoms with Crippen LogP contribution in [-0.2, 0) is 18.8 Å². The van der Waals surface area contributed by atoms with Crippen molar-refractivity contribution in [3.8, 4) is 5.75 Å². The lowest BCUT2D eigenvalue weighted by Crippen LogP contribution is -2.66. The number of imide groups is 1. The number of hydrogen-bond acceptors (Lipinski definition) is 7. The summed E-state index contributed by atoms with van der Waals surface area (Å²) in [7, 11) is -3.07. The average molecular weight is 772 g/mol. The van der Waals surface area contributed by atoms with Gasteiger partial charge in [0.2, 0.25) is 11.8 Å². The van der Waals surface area contributed by atoms with E-state index in [0.717, 1.165) is 15.9 Å². The second-order valence-corrected chi connectivity index (χ2v) is 20.2. The van der Waals surface area contributed by atoms with Gasteiger partial charge in [0, 0.05) is 18.9 Å². The minimum absolute atomic E-state index is 0.0140. The number of likely N-dealkylation sites (tertiary alicyclic amines) is 1. The highest BCUT2D eigenvalue weighted by Gasteiger charge is 2.56. The van der Waals surface area contributed by atoms with Gasteiger partial charge in [-0.1, -0.05) is 106 Å². The van der Waals surface area contributed by atoms with E-state index in [2.05, 4.69) is 45.0 Å². The number of unbranched alkanes of at least 4 members (excludes halogenated alkanes) is 2. The van der Waals surface area contributed by atoms with Crippen LogP contribution in [0.3, 0.4) is 0 Å². The summed E-state index contributed by atoms with van der Waals surface area (Å²) in [5.41, 5.74) is 2.64. The van der Waals surface area contributed by atoms with Gasteiger partial charge in [0.15, 0.2) is 11.6 Å². The van der Waals surface area contributed by atoms with Crippen LogP contribution in [0.5, 0.6) is 5.75 Å². The fourth-order valence-corrected chi connectivity index (χ4v) is 13.1. The van der Waals surface area contributed by atoms with Crippen LogP contribution in [0.4, 0.5) is 4.39 Å². The third-order valence-corrected chi connectivity index (χ3v) is 16.2. The Bertz CT molecular complexity index is 1850. The van der Waals surface area contributed by atoms with E-state index < -0.39 is 56.3 Å². The number of rotatable bonds is 17. The zero-order valence-electron chi connectivity index (χ0n) is 32.2. The molecule has 1 aliphatic carbocycles. The molecule has 9 nitrogen and oxygen atoms in total. The fraction of sp³-hybridized carbons (Fsp3) is 0.432. The number of amides is 2. The predicted octanol–water partition coefficient (Wildman–Crippen LogP) is 6.21. The van der Waals surface area contributed by atoms with Crippen LogP contribution in [0.1, 0.15) is 78.2 Å². The van der Waals surface area contributed by atoms with Crippen molar-refractivity contribution in [3.05, 3.63) is 107 Å². The number of carboxylic acid groups (broad SMARTS) is 1. The number of aliphatic carboxylic acids is 1. The average Bonchev–Trinajstić information content (AvgIpc) is 3.39. The number of halogens is 1. The van der Waals surface area contributed by atoms with Crippen molar-refractivity contribution in [2.75, 3.05) is 19.8 Å². The van der Waals surface area contributed by atoms with Crippen LogP contribution in [0, 0.1) is 23.6 Å². The molecule has 11 heteroatoms. The molecular weight excluding hydrogens is 718 g/mol. The SMILES string of the molecule is C/C(=C\c1ccc(O)c(F)c1)CC[C@@H](O)C1=C(CO[Si](c2ccccc2)(c2ccccc2)C(C)(C)C)C[C@H]2C(=O)N(CCCCCC(=O)O)C(=O)[C@H]2[C@H]1CO. The molecule has 0 aromatic heterocycles. The van der Waals surface area contributed by atoms with Gasteiger partial charge in [0.05, 0.1) is 31.2 Å². The largest absolute Gasteiger partial charge is 0.505 e. The summed E-state index contributed by atoms with van der Waals surface area (Å²) in [4.78, 5) is 40.3. The molecule has 0 radical (unpaired) electrons. The van der Waals surface area contributed by atoms with E-state index in [1.54, 1.807) is 12.1 Å². The molecule has 0 saturated carbocycles. The van der Waals surface area contributed by atoms with Crippen molar-refractivity contribution in [3.63, 3.8) is 0 Å². The minimum Gasteiger partial charge on any atom is -0.505 e. The third kappa shape index (κ3) is 9.18. The molecule has 55 heavy (non-hydrogen) atoms. The Morgan fingerprint density at radius 3 is 2.16 bits per heavy atom. The second kappa shape index (κ2) is 18.0. The number of carboxylic acids is 1. The van der Waals surface area contributed by atoms with Gasteiger partial charge in [0.25, 0.3) is 8.32 Å². The van der Waals surface area contributed by atoms with E-state index in [1.165, 1.54) is 17.0 Å². The number of allylic oxidation sites excluding steroid dienone is 1. The molecule has 4 atom stereocenters. The number of benzene rings is 3. The summed E-state index contributed by atoms with van der Waals surface area (Å²) in [5.74, 6) is -5.17. The number of nitrogens with zero attached hydrogens (tertiary/aromatic N) is 1. The van der Waals surface area contributed by atoms with Gasteiger partial charge < -0.3 is 24.9 Å². The Morgan fingerprint density at radius 2 is 1.60 bits per heavy atom. The second-order valence-electron chi connectivity index (χ2n) is 15.9. The van der Waals surface area contributed by atoms with Crippen molar-refractivity contribution in [1.82, 2.24) is 4.90 Å². The van der Waals surface area contributed by atoms with Crippen molar-refractivity contribution < 1.29 is 43.6 Å². The van der Waals surface area contributed by atoms with Crippen LogP contribution < -0.4 is 10.4 Å². The van der Waals surface area contributed by atoms with Gasteiger partial charge in [-0.25, -0.2) is 4.39 Å². The number of carbonyl (C=O) groups is 3. The molecule has 0 spiro atoms. The first-order chi connectivity index (χ1) is 26.2. The quantitative estimate of drug-likeness (QED) is 0.0550. The van der Waals surface area contributed by atoms with E-state index in [1.807, 2.05) is 43.3 Å². The van der Waals surface area contributed by atoms with Gasteiger partial charge in [-0.05, 0) is 83.3 Å². The van der Waals surface area contributed by atoms with Gasteiger partial charge in [-0.15, -0.1) is 0 Å². The summed E-state index contributed by atoms with van der Waals surface area (Å²) < 4.78 is 21.4. The number of carbonyl (C=O) groups excluding carboxylic acids is 2. The number of aromatic hydroxyl groups is 1.